The topological polar surface area (TPSA) is 53.6 Å². The van der Waals surface area contributed by atoms with E-state index >= 15 is 0 Å². The monoisotopic (exact) mass is 351 g/mol. The fraction of sp³-hybridized carbons (Fsp3) is 0.611. The second-order valence-electron chi connectivity index (χ2n) is 6.88. The Kier molecular flexibility index (Phi) is 5.33. The van der Waals surface area contributed by atoms with Gasteiger partial charge in [-0.25, -0.2) is 0 Å². The molecule has 6 heteroatoms. The minimum atomic E-state index is -0.450. The van der Waals surface area contributed by atoms with Gasteiger partial charge in [-0.15, -0.1) is 12.4 Å². The summed E-state index contributed by atoms with van der Waals surface area (Å²) in [4.78, 5) is 15.3. The third-order valence-corrected chi connectivity index (χ3v) is 5.34. The minimum Gasteiger partial charge on any atom is -0.376 e. The summed E-state index contributed by atoms with van der Waals surface area (Å²) in [6, 6.07) is 8.16. The number of amides is 1. The first kappa shape index (κ1) is 17.5. The van der Waals surface area contributed by atoms with Crippen LogP contribution in [-0.4, -0.2) is 43.8 Å². The number of hydrogen-bond acceptors (Lipinski definition) is 4. The summed E-state index contributed by atoms with van der Waals surface area (Å²) in [5.41, 5.74) is 1.62. The van der Waals surface area contributed by atoms with Crippen LogP contribution in [0.2, 0.25) is 0 Å². The third-order valence-electron chi connectivity index (χ3n) is 5.34. The molecule has 2 N–H and O–H groups in total. The second kappa shape index (κ2) is 7.30. The molecule has 0 aliphatic carbocycles. The van der Waals surface area contributed by atoms with Gasteiger partial charge in [0.2, 0.25) is 0 Å². The normalized spacial score (nSPS) is 25.6. The summed E-state index contributed by atoms with van der Waals surface area (Å²) in [7, 11) is 0. The lowest BCUT2D eigenvalue weighted by molar-refractivity contribution is -0.124. The summed E-state index contributed by atoms with van der Waals surface area (Å²) >= 11 is 0. The van der Waals surface area contributed by atoms with Crippen LogP contribution in [-0.2, 0) is 9.53 Å². The lowest BCUT2D eigenvalue weighted by Gasteiger charge is -2.46. The smallest absolute Gasteiger partial charge is 0.252 e. The molecule has 24 heavy (non-hydrogen) atoms. The average molecular weight is 352 g/mol. The lowest BCUT2D eigenvalue weighted by Crippen LogP contribution is -2.62. The molecule has 3 aliphatic rings. The van der Waals surface area contributed by atoms with Crippen molar-refractivity contribution in [3.05, 3.63) is 24.3 Å². The molecular weight excluding hydrogens is 326 g/mol. The standard InChI is InChI=1S/C18H25N3O2.ClH/c22-17-18(8-10-19-11-9-18)20-15-6-1-2-7-16(15)21(17)13-14-5-3-4-12-23-14;/h1-2,6-7,14,19-20H,3-5,8-13H2;1H. The maximum Gasteiger partial charge on any atom is 0.252 e. The highest BCUT2D eigenvalue weighted by Crippen LogP contribution is 2.39. The average Bonchev–Trinajstić information content (AvgIpc) is 2.61. The van der Waals surface area contributed by atoms with Gasteiger partial charge in [0, 0.05) is 6.61 Å². The highest BCUT2D eigenvalue weighted by molar-refractivity contribution is 6.08. The number of rotatable bonds is 2. The van der Waals surface area contributed by atoms with E-state index in [-0.39, 0.29) is 24.4 Å². The minimum absolute atomic E-state index is 0. The van der Waals surface area contributed by atoms with Crippen LogP contribution in [0.1, 0.15) is 32.1 Å². The number of ether oxygens (including phenoxy) is 1. The maximum absolute atomic E-state index is 13.3. The third kappa shape index (κ3) is 3.13. The number of fused-ring (bicyclic) bond motifs is 1. The molecule has 1 unspecified atom stereocenters. The van der Waals surface area contributed by atoms with Crippen molar-refractivity contribution in [2.24, 2.45) is 0 Å². The van der Waals surface area contributed by atoms with Crippen molar-refractivity contribution < 1.29 is 9.53 Å². The number of carbonyl (C=O) groups excluding carboxylic acids is 1. The Hall–Kier alpha value is -1.30. The highest BCUT2D eigenvalue weighted by atomic mass is 35.5. The summed E-state index contributed by atoms with van der Waals surface area (Å²) < 4.78 is 5.89. The highest BCUT2D eigenvalue weighted by Gasteiger charge is 2.46. The summed E-state index contributed by atoms with van der Waals surface area (Å²) in [5, 5.41) is 6.92. The van der Waals surface area contributed by atoms with Gasteiger partial charge in [0.05, 0.1) is 24.0 Å². The van der Waals surface area contributed by atoms with E-state index in [1.54, 1.807) is 0 Å². The van der Waals surface area contributed by atoms with Gasteiger partial charge in [0.25, 0.3) is 5.91 Å². The van der Waals surface area contributed by atoms with E-state index in [4.69, 9.17) is 4.74 Å². The SMILES string of the molecule is Cl.O=C1N(CC2CCCCO2)c2ccccc2NC12CCNCC2. The molecule has 132 valence electrons. The Morgan fingerprint density at radius 1 is 1.21 bits per heavy atom. The van der Waals surface area contributed by atoms with Crippen LogP contribution in [0.3, 0.4) is 0 Å². The van der Waals surface area contributed by atoms with Crippen LogP contribution in [0.25, 0.3) is 0 Å². The summed E-state index contributed by atoms with van der Waals surface area (Å²) in [5.74, 6) is 0.215. The van der Waals surface area contributed by atoms with Crippen molar-refractivity contribution >= 4 is 29.7 Å². The van der Waals surface area contributed by atoms with Crippen LogP contribution in [0.15, 0.2) is 24.3 Å². The molecule has 0 saturated carbocycles. The van der Waals surface area contributed by atoms with Crippen molar-refractivity contribution in [3.63, 3.8) is 0 Å². The number of nitrogens with zero attached hydrogens (tertiary/aromatic N) is 1. The molecule has 0 aromatic heterocycles. The van der Waals surface area contributed by atoms with Crippen LogP contribution >= 0.6 is 12.4 Å². The zero-order valence-corrected chi connectivity index (χ0v) is 14.7. The molecule has 0 radical (unpaired) electrons. The van der Waals surface area contributed by atoms with Gasteiger partial charge in [-0.3, -0.25) is 4.79 Å². The predicted molar refractivity (Wildman–Crippen MR) is 98.1 cm³/mol. The molecule has 5 nitrogen and oxygen atoms in total. The van der Waals surface area contributed by atoms with E-state index in [0.717, 1.165) is 56.8 Å². The van der Waals surface area contributed by atoms with Crippen molar-refractivity contribution in [1.82, 2.24) is 5.32 Å². The molecule has 2 saturated heterocycles. The van der Waals surface area contributed by atoms with Crippen LogP contribution in [0, 0.1) is 0 Å². The van der Waals surface area contributed by atoms with E-state index in [9.17, 15) is 4.79 Å². The second-order valence-corrected chi connectivity index (χ2v) is 6.88. The van der Waals surface area contributed by atoms with Gasteiger partial charge in [0.1, 0.15) is 5.54 Å². The molecule has 3 aliphatic heterocycles. The number of piperidine rings is 1. The zero-order valence-electron chi connectivity index (χ0n) is 13.9. The Morgan fingerprint density at radius 3 is 2.75 bits per heavy atom. The van der Waals surface area contributed by atoms with E-state index in [1.807, 2.05) is 23.1 Å². The van der Waals surface area contributed by atoms with E-state index < -0.39 is 5.54 Å². The Labute approximate surface area is 149 Å². The number of para-hydroxylation sites is 2. The maximum atomic E-state index is 13.3. The number of hydrogen-bond donors (Lipinski definition) is 2. The summed E-state index contributed by atoms with van der Waals surface area (Å²) in [6.07, 6.45) is 5.22. The first-order valence-corrected chi connectivity index (χ1v) is 8.80. The number of nitrogens with one attached hydrogen (secondary N) is 2. The van der Waals surface area contributed by atoms with Gasteiger partial charge in [-0.1, -0.05) is 12.1 Å². The predicted octanol–water partition coefficient (Wildman–Crippen LogP) is 2.56. The molecule has 1 spiro atoms. The molecule has 3 heterocycles. The first-order valence-electron chi connectivity index (χ1n) is 8.80. The van der Waals surface area contributed by atoms with Crippen molar-refractivity contribution in [2.45, 2.75) is 43.7 Å². The largest absolute Gasteiger partial charge is 0.376 e. The van der Waals surface area contributed by atoms with Gasteiger partial charge in [0.15, 0.2) is 0 Å². The van der Waals surface area contributed by atoms with E-state index in [0.29, 0.717) is 6.54 Å². The first-order chi connectivity index (χ1) is 11.3. The van der Waals surface area contributed by atoms with Gasteiger partial charge in [-0.2, -0.15) is 0 Å². The number of anilines is 2. The van der Waals surface area contributed by atoms with Crippen molar-refractivity contribution in [2.75, 3.05) is 36.5 Å². The lowest BCUT2D eigenvalue weighted by atomic mass is 9.84. The number of benzene rings is 1. The van der Waals surface area contributed by atoms with Gasteiger partial charge < -0.3 is 20.3 Å². The number of carbonyl (C=O) groups is 1. The Balaban J connectivity index is 0.00000169. The van der Waals surface area contributed by atoms with E-state index in [2.05, 4.69) is 16.7 Å². The molecule has 1 aromatic carbocycles. The Morgan fingerprint density at radius 2 is 2.00 bits per heavy atom. The van der Waals surface area contributed by atoms with Crippen LogP contribution < -0.4 is 15.5 Å². The molecule has 1 atom stereocenters. The summed E-state index contributed by atoms with van der Waals surface area (Å²) in [6.45, 7) is 3.26. The van der Waals surface area contributed by atoms with E-state index in [1.165, 1.54) is 6.42 Å². The van der Waals surface area contributed by atoms with Crippen molar-refractivity contribution in [1.29, 1.82) is 0 Å². The van der Waals surface area contributed by atoms with Crippen molar-refractivity contribution in [3.8, 4) is 0 Å². The molecular formula is C18H26ClN3O2. The fourth-order valence-corrected chi connectivity index (χ4v) is 4.02. The van der Waals surface area contributed by atoms with Gasteiger partial charge in [-0.05, 0) is 57.3 Å². The van der Waals surface area contributed by atoms with Crippen LogP contribution in [0.4, 0.5) is 11.4 Å². The molecule has 1 amide bonds. The fourth-order valence-electron chi connectivity index (χ4n) is 4.02. The van der Waals surface area contributed by atoms with Crippen LogP contribution in [0.5, 0.6) is 0 Å². The van der Waals surface area contributed by atoms with Gasteiger partial charge >= 0.3 is 0 Å². The number of halogens is 1. The zero-order chi connectivity index (χ0) is 15.7. The molecule has 4 rings (SSSR count). The molecule has 2 fully saturated rings. The molecule has 0 bridgehead atoms. The Bertz CT molecular complexity index is 583. The quantitative estimate of drug-likeness (QED) is 0.859. The molecule has 1 aromatic rings.